The zero-order valence-electron chi connectivity index (χ0n) is 44.2. The van der Waals surface area contributed by atoms with E-state index in [1.165, 1.54) is 173 Å². The largest absolute Gasteiger partial charge is 0.477 e. The van der Waals surface area contributed by atoms with Gasteiger partial charge >= 0.3 is 17.9 Å². The molecular formula is C58H108NO7+. The smallest absolute Gasteiger partial charge is 0.362 e. The zero-order valence-corrected chi connectivity index (χ0v) is 44.2. The van der Waals surface area contributed by atoms with Gasteiger partial charge in [-0.2, -0.15) is 0 Å². The van der Waals surface area contributed by atoms with Crippen LogP contribution in [0.5, 0.6) is 0 Å². The summed E-state index contributed by atoms with van der Waals surface area (Å²) < 4.78 is 17.4. The van der Waals surface area contributed by atoms with Crippen LogP contribution in [-0.4, -0.2) is 80.6 Å². The molecule has 0 aliphatic carbocycles. The number of esters is 2. The Bertz CT molecular complexity index is 1170. The normalized spacial score (nSPS) is 13.0. The van der Waals surface area contributed by atoms with Gasteiger partial charge in [-0.3, -0.25) is 9.59 Å². The molecule has 8 nitrogen and oxygen atoms in total. The van der Waals surface area contributed by atoms with Crippen LogP contribution in [0.25, 0.3) is 0 Å². The minimum atomic E-state index is -0.872. The number of carbonyl (C=O) groups is 3. The molecule has 0 aromatic heterocycles. The van der Waals surface area contributed by atoms with Gasteiger partial charge in [-0.1, -0.05) is 237 Å². The summed E-state index contributed by atoms with van der Waals surface area (Å²) in [4.78, 5) is 37.3. The van der Waals surface area contributed by atoms with Gasteiger partial charge in [-0.25, -0.2) is 4.79 Å². The lowest BCUT2D eigenvalue weighted by molar-refractivity contribution is -0.887. The van der Waals surface area contributed by atoms with Gasteiger partial charge in [0.05, 0.1) is 34.4 Å². The van der Waals surface area contributed by atoms with Gasteiger partial charge in [-0.15, -0.1) is 0 Å². The lowest BCUT2D eigenvalue weighted by Crippen LogP contribution is -2.50. The van der Waals surface area contributed by atoms with Crippen molar-refractivity contribution in [1.29, 1.82) is 0 Å². The van der Waals surface area contributed by atoms with E-state index < -0.39 is 18.1 Å². The highest BCUT2D eigenvalue weighted by Crippen LogP contribution is 2.17. The topological polar surface area (TPSA) is 99.1 Å². The molecule has 386 valence electrons. The van der Waals surface area contributed by atoms with Crippen molar-refractivity contribution >= 4 is 17.9 Å². The first-order valence-electron chi connectivity index (χ1n) is 28.0. The average molecular weight is 932 g/mol. The number of ether oxygens (including phenoxy) is 3. The lowest BCUT2D eigenvalue weighted by Gasteiger charge is -2.31. The molecule has 0 bridgehead atoms. The van der Waals surface area contributed by atoms with Crippen LogP contribution in [0.3, 0.4) is 0 Å². The van der Waals surface area contributed by atoms with Crippen LogP contribution in [0, 0.1) is 0 Å². The van der Waals surface area contributed by atoms with E-state index >= 15 is 0 Å². The Morgan fingerprint density at radius 3 is 1.26 bits per heavy atom. The van der Waals surface area contributed by atoms with Crippen molar-refractivity contribution in [3.63, 3.8) is 0 Å². The van der Waals surface area contributed by atoms with Gasteiger partial charge < -0.3 is 23.8 Å². The number of rotatable bonds is 51. The summed E-state index contributed by atoms with van der Waals surface area (Å²) in [5, 5.41) is 9.67. The molecule has 66 heavy (non-hydrogen) atoms. The number of likely N-dealkylation sites (N-methyl/N-ethyl adjacent to an activating group) is 1. The van der Waals surface area contributed by atoms with Crippen molar-refractivity contribution < 1.29 is 38.2 Å². The minimum Gasteiger partial charge on any atom is -0.477 e. The van der Waals surface area contributed by atoms with Crippen molar-refractivity contribution in [2.75, 3.05) is 41.0 Å². The molecule has 0 fully saturated rings. The molecule has 2 atom stereocenters. The second kappa shape index (κ2) is 49.0. The highest BCUT2D eigenvalue weighted by atomic mass is 16.6. The molecule has 0 aromatic carbocycles. The molecule has 1 N–H and O–H groups in total. The quantitative estimate of drug-likeness (QED) is 0.0281. The first kappa shape index (κ1) is 63.5. The highest BCUT2D eigenvalue weighted by Gasteiger charge is 2.31. The van der Waals surface area contributed by atoms with Crippen molar-refractivity contribution in [2.45, 2.75) is 276 Å². The van der Waals surface area contributed by atoms with Crippen LogP contribution in [0.4, 0.5) is 0 Å². The molecular weight excluding hydrogens is 823 g/mol. The van der Waals surface area contributed by atoms with E-state index in [1.54, 1.807) is 0 Å². The van der Waals surface area contributed by atoms with E-state index in [1.807, 2.05) is 21.1 Å². The molecule has 0 aromatic rings. The predicted octanol–water partition coefficient (Wildman–Crippen LogP) is 16.5. The zero-order chi connectivity index (χ0) is 48.4. The van der Waals surface area contributed by atoms with Crippen LogP contribution in [0.15, 0.2) is 36.5 Å². The molecule has 0 radical (unpaired) electrons. The third kappa shape index (κ3) is 46.7. The molecule has 0 amide bonds. The van der Waals surface area contributed by atoms with Crippen molar-refractivity contribution in [1.82, 2.24) is 0 Å². The Morgan fingerprint density at radius 1 is 0.470 bits per heavy atom. The number of unbranched alkanes of at least 4 members (excludes halogenated alkanes) is 31. The van der Waals surface area contributed by atoms with Crippen LogP contribution >= 0.6 is 0 Å². The number of hydrogen-bond acceptors (Lipinski definition) is 6. The summed E-state index contributed by atoms with van der Waals surface area (Å²) in [5.74, 6) is -1.45. The number of aliphatic carboxylic acids is 1. The molecule has 0 aliphatic rings. The third-order valence-electron chi connectivity index (χ3n) is 12.8. The van der Waals surface area contributed by atoms with Crippen LogP contribution in [0.1, 0.15) is 264 Å². The summed E-state index contributed by atoms with van der Waals surface area (Å²) in [7, 11) is 5.55. The maximum Gasteiger partial charge on any atom is 0.362 e. The molecule has 0 saturated carbocycles. The summed E-state index contributed by atoms with van der Waals surface area (Å²) in [5.41, 5.74) is 0. The Hall–Kier alpha value is -2.45. The summed E-state index contributed by atoms with van der Waals surface area (Å²) >= 11 is 0. The fraction of sp³-hybridized carbons (Fsp3) is 0.845. The summed E-state index contributed by atoms with van der Waals surface area (Å²) in [6.45, 7) is 4.67. The maximum atomic E-state index is 12.8. The Labute approximate surface area is 408 Å². The highest BCUT2D eigenvalue weighted by molar-refractivity contribution is 5.72. The van der Waals surface area contributed by atoms with E-state index in [0.717, 1.165) is 57.8 Å². The van der Waals surface area contributed by atoms with Crippen molar-refractivity contribution in [3.05, 3.63) is 36.5 Å². The number of quaternary nitrogens is 1. The van der Waals surface area contributed by atoms with Gasteiger partial charge in [0.1, 0.15) is 6.61 Å². The minimum absolute atomic E-state index is 0.0492. The summed E-state index contributed by atoms with van der Waals surface area (Å²) in [6, 6.07) is -0.614. The fourth-order valence-electron chi connectivity index (χ4n) is 8.52. The summed E-state index contributed by atoms with van der Waals surface area (Å²) in [6.07, 6.45) is 59.2. The molecule has 0 rings (SSSR count). The predicted molar refractivity (Wildman–Crippen MR) is 280 cm³/mol. The average Bonchev–Trinajstić information content (AvgIpc) is 3.28. The molecule has 0 aliphatic heterocycles. The molecule has 2 unspecified atom stereocenters. The van der Waals surface area contributed by atoms with E-state index in [4.69, 9.17) is 14.2 Å². The Morgan fingerprint density at radius 2 is 0.848 bits per heavy atom. The van der Waals surface area contributed by atoms with E-state index in [-0.39, 0.29) is 36.2 Å². The van der Waals surface area contributed by atoms with Crippen LogP contribution in [0.2, 0.25) is 0 Å². The number of carboxylic acid groups (broad SMARTS) is 1. The standard InChI is InChI=1S/C58H107NO7/c1-6-8-10-12-14-16-18-20-22-24-26-28-29-31-33-35-37-39-41-43-45-47-49-57(61)66-54(52-64-51-50-55(58(62)63)59(3,4)5)53-65-56(60)48-46-44-42-40-38-36-34-32-30-27-25-23-21-19-17-15-13-11-9-7-2/h9,11,15,17,21,23,54-55H,6-8,10,12-14,16,18-20,22,24-53H2,1-5H3/p+1/b11-9+,17-15+,23-21+. The number of allylic oxidation sites excluding steroid dienone is 6. The van der Waals surface area contributed by atoms with E-state index in [9.17, 15) is 19.5 Å². The monoisotopic (exact) mass is 931 g/mol. The van der Waals surface area contributed by atoms with Gasteiger partial charge in [0, 0.05) is 19.3 Å². The number of carbonyl (C=O) groups excluding carboxylic acids is 2. The second-order valence-electron chi connectivity index (χ2n) is 20.2. The van der Waals surface area contributed by atoms with Gasteiger partial charge in [0.25, 0.3) is 0 Å². The number of carboxylic acids is 1. The third-order valence-corrected chi connectivity index (χ3v) is 12.8. The molecule has 0 heterocycles. The fourth-order valence-corrected chi connectivity index (χ4v) is 8.52. The first-order valence-corrected chi connectivity index (χ1v) is 28.0. The molecule has 8 heteroatoms. The number of hydrogen-bond donors (Lipinski definition) is 1. The first-order chi connectivity index (χ1) is 32.1. The van der Waals surface area contributed by atoms with Gasteiger partial charge in [-0.05, 0) is 44.9 Å². The Kier molecular flexibility index (Phi) is 47.2. The van der Waals surface area contributed by atoms with E-state index in [2.05, 4.69) is 50.3 Å². The molecule has 0 saturated heterocycles. The second-order valence-corrected chi connectivity index (χ2v) is 20.2. The maximum absolute atomic E-state index is 12.8. The SMILES string of the molecule is CC/C=C/C/C=C/C/C=C/CCCCCCCCCCCCC(=O)OCC(COCCC(C(=O)O)[N+](C)(C)C)OC(=O)CCCCCCCCCCCCCCCCCCCCCCCC. The van der Waals surface area contributed by atoms with Gasteiger partial charge in [0.15, 0.2) is 12.1 Å². The van der Waals surface area contributed by atoms with Gasteiger partial charge in [0.2, 0.25) is 0 Å². The van der Waals surface area contributed by atoms with Crippen molar-refractivity contribution in [3.8, 4) is 0 Å². The number of nitrogens with zero attached hydrogens (tertiary/aromatic N) is 1. The molecule has 0 spiro atoms. The van der Waals surface area contributed by atoms with E-state index in [0.29, 0.717) is 19.3 Å². The van der Waals surface area contributed by atoms with Crippen LogP contribution < -0.4 is 0 Å². The van der Waals surface area contributed by atoms with Crippen LogP contribution in [-0.2, 0) is 28.6 Å². The Balaban J connectivity index is 4.15. The lowest BCUT2D eigenvalue weighted by atomic mass is 10.0. The van der Waals surface area contributed by atoms with Crippen molar-refractivity contribution in [2.24, 2.45) is 0 Å².